The Hall–Kier alpha value is -0.940. The normalized spacial score (nSPS) is 21.4. The van der Waals surface area contributed by atoms with Gasteiger partial charge in [-0.3, -0.25) is 0 Å². The predicted octanol–water partition coefficient (Wildman–Crippen LogP) is 1.27. The summed E-state index contributed by atoms with van der Waals surface area (Å²) in [5.74, 6) is 0.152. The van der Waals surface area contributed by atoms with Crippen molar-refractivity contribution in [2.24, 2.45) is 0 Å². The fourth-order valence-electron chi connectivity index (χ4n) is 1.86. The van der Waals surface area contributed by atoms with E-state index in [0.717, 1.165) is 5.56 Å². The van der Waals surface area contributed by atoms with Crippen LogP contribution in [0.3, 0.4) is 0 Å². The summed E-state index contributed by atoms with van der Waals surface area (Å²) >= 11 is 0. The van der Waals surface area contributed by atoms with Gasteiger partial charge in [-0.05, 0) is 24.6 Å². The van der Waals surface area contributed by atoms with E-state index in [1.165, 1.54) is 12.1 Å². The highest BCUT2D eigenvalue weighted by Gasteiger charge is 2.33. The Morgan fingerprint density at radius 3 is 2.38 bits per heavy atom. The molecule has 1 aromatic rings. The summed E-state index contributed by atoms with van der Waals surface area (Å²) in [6.07, 6.45) is 0. The summed E-state index contributed by atoms with van der Waals surface area (Å²) in [5.41, 5.74) is 0.964. The first-order valence-electron chi connectivity index (χ1n) is 5.18. The zero-order valence-electron chi connectivity index (χ0n) is 8.98. The van der Waals surface area contributed by atoms with Gasteiger partial charge in [-0.15, -0.1) is 0 Å². The molecule has 0 bridgehead atoms. The molecule has 2 rings (SSSR count). The summed E-state index contributed by atoms with van der Waals surface area (Å²) in [5, 5.41) is 3.21. The molecule has 5 heteroatoms. The Morgan fingerprint density at radius 2 is 1.88 bits per heavy atom. The molecule has 1 N–H and O–H groups in total. The average molecular weight is 243 g/mol. The largest absolute Gasteiger partial charge is 0.305 e. The number of hydrogen-bond acceptors (Lipinski definition) is 3. The van der Waals surface area contributed by atoms with Gasteiger partial charge in [0.25, 0.3) is 0 Å². The van der Waals surface area contributed by atoms with Gasteiger partial charge >= 0.3 is 0 Å². The standard InChI is InChI=1S/C11H14FNO2S/c1-8(9-2-4-10(12)5-3-9)13-11-6-16(14,15)7-11/h2-5,8,11,13H,6-7H2,1H3. The number of hydrogen-bond donors (Lipinski definition) is 1. The van der Waals surface area contributed by atoms with E-state index in [1.807, 2.05) is 6.92 Å². The summed E-state index contributed by atoms with van der Waals surface area (Å²) in [4.78, 5) is 0. The first kappa shape index (κ1) is 11.5. The number of sulfone groups is 1. The van der Waals surface area contributed by atoms with Gasteiger partial charge in [0.05, 0.1) is 11.5 Å². The van der Waals surface area contributed by atoms with E-state index in [9.17, 15) is 12.8 Å². The third-order valence-electron chi connectivity index (χ3n) is 2.77. The summed E-state index contributed by atoms with van der Waals surface area (Å²) < 4.78 is 34.6. The molecular formula is C11H14FNO2S. The topological polar surface area (TPSA) is 46.2 Å². The molecule has 88 valence electrons. The fourth-order valence-corrected chi connectivity index (χ4v) is 3.18. The SMILES string of the molecule is CC(NC1CS(=O)(=O)C1)c1ccc(F)cc1. The van der Waals surface area contributed by atoms with Gasteiger partial charge in [0, 0.05) is 12.1 Å². The predicted molar refractivity (Wildman–Crippen MR) is 60.4 cm³/mol. The van der Waals surface area contributed by atoms with Crippen LogP contribution in [0.4, 0.5) is 4.39 Å². The Kier molecular flexibility index (Phi) is 2.99. The maximum Gasteiger partial charge on any atom is 0.153 e. The molecule has 0 radical (unpaired) electrons. The molecule has 1 aliphatic rings. The zero-order valence-corrected chi connectivity index (χ0v) is 9.80. The van der Waals surface area contributed by atoms with E-state index in [-0.39, 0.29) is 29.4 Å². The van der Waals surface area contributed by atoms with Crippen molar-refractivity contribution in [2.45, 2.75) is 19.0 Å². The van der Waals surface area contributed by atoms with Crippen LogP contribution in [0.25, 0.3) is 0 Å². The molecule has 0 aromatic heterocycles. The van der Waals surface area contributed by atoms with Gasteiger partial charge in [0.15, 0.2) is 9.84 Å². The Labute approximate surface area is 94.6 Å². The first-order chi connectivity index (χ1) is 7.46. The van der Waals surface area contributed by atoms with Crippen LogP contribution in [0.2, 0.25) is 0 Å². The highest BCUT2D eigenvalue weighted by molar-refractivity contribution is 7.92. The molecule has 0 saturated carbocycles. The Morgan fingerprint density at radius 1 is 1.31 bits per heavy atom. The summed E-state index contributed by atoms with van der Waals surface area (Å²) in [7, 11) is -2.79. The fraction of sp³-hybridized carbons (Fsp3) is 0.455. The third kappa shape index (κ3) is 2.59. The molecule has 1 atom stereocenters. The van der Waals surface area contributed by atoms with Crippen LogP contribution < -0.4 is 5.32 Å². The second-order valence-corrected chi connectivity index (χ2v) is 6.37. The lowest BCUT2D eigenvalue weighted by molar-refractivity contribution is 0.467. The molecule has 3 nitrogen and oxygen atoms in total. The van der Waals surface area contributed by atoms with Crippen molar-refractivity contribution in [1.29, 1.82) is 0 Å². The van der Waals surface area contributed by atoms with E-state index < -0.39 is 9.84 Å². The van der Waals surface area contributed by atoms with Crippen LogP contribution in [0, 0.1) is 5.82 Å². The third-order valence-corrected chi connectivity index (χ3v) is 4.59. The molecule has 1 unspecified atom stereocenters. The van der Waals surface area contributed by atoms with Crippen molar-refractivity contribution < 1.29 is 12.8 Å². The molecule has 1 saturated heterocycles. The number of halogens is 1. The van der Waals surface area contributed by atoms with Crippen molar-refractivity contribution in [1.82, 2.24) is 5.32 Å². The summed E-state index contributed by atoms with van der Waals surface area (Å²) in [6.45, 7) is 1.94. The monoisotopic (exact) mass is 243 g/mol. The quantitative estimate of drug-likeness (QED) is 0.869. The van der Waals surface area contributed by atoms with E-state index in [2.05, 4.69) is 5.32 Å². The van der Waals surface area contributed by atoms with Gasteiger partial charge in [-0.25, -0.2) is 12.8 Å². The minimum atomic E-state index is -2.79. The highest BCUT2D eigenvalue weighted by atomic mass is 32.2. The van der Waals surface area contributed by atoms with E-state index in [1.54, 1.807) is 12.1 Å². The van der Waals surface area contributed by atoms with Crippen molar-refractivity contribution >= 4 is 9.84 Å². The van der Waals surface area contributed by atoms with E-state index in [0.29, 0.717) is 0 Å². The molecule has 0 spiro atoms. The molecule has 1 fully saturated rings. The van der Waals surface area contributed by atoms with Crippen LogP contribution in [0.1, 0.15) is 18.5 Å². The maximum atomic E-state index is 12.7. The molecule has 0 amide bonds. The lowest BCUT2D eigenvalue weighted by Crippen LogP contribution is -2.51. The van der Waals surface area contributed by atoms with Gasteiger partial charge in [0.2, 0.25) is 0 Å². The molecule has 1 aromatic carbocycles. The zero-order chi connectivity index (χ0) is 11.8. The first-order valence-corrected chi connectivity index (χ1v) is 7.00. The second kappa shape index (κ2) is 4.14. The van der Waals surface area contributed by atoms with Gasteiger partial charge < -0.3 is 5.32 Å². The van der Waals surface area contributed by atoms with Crippen LogP contribution in [0.5, 0.6) is 0 Å². The number of rotatable bonds is 3. The lowest BCUT2D eigenvalue weighted by Gasteiger charge is -2.30. The van der Waals surface area contributed by atoms with E-state index in [4.69, 9.17) is 0 Å². The van der Waals surface area contributed by atoms with E-state index >= 15 is 0 Å². The van der Waals surface area contributed by atoms with Gasteiger partial charge in [0.1, 0.15) is 5.82 Å². The minimum Gasteiger partial charge on any atom is -0.305 e. The van der Waals surface area contributed by atoms with Gasteiger partial charge in [-0.1, -0.05) is 12.1 Å². The molecule has 16 heavy (non-hydrogen) atoms. The van der Waals surface area contributed by atoms with Crippen molar-refractivity contribution in [2.75, 3.05) is 11.5 Å². The van der Waals surface area contributed by atoms with Crippen LogP contribution in [-0.4, -0.2) is 26.0 Å². The lowest BCUT2D eigenvalue weighted by atomic mass is 10.1. The van der Waals surface area contributed by atoms with Gasteiger partial charge in [-0.2, -0.15) is 0 Å². The molecule has 1 aliphatic heterocycles. The average Bonchev–Trinajstić information content (AvgIpc) is 2.15. The van der Waals surface area contributed by atoms with Crippen molar-refractivity contribution in [3.63, 3.8) is 0 Å². The second-order valence-electron chi connectivity index (χ2n) is 4.21. The smallest absolute Gasteiger partial charge is 0.153 e. The van der Waals surface area contributed by atoms with Crippen molar-refractivity contribution in [3.8, 4) is 0 Å². The molecular weight excluding hydrogens is 229 g/mol. The Bertz CT molecular complexity index is 457. The molecule has 1 heterocycles. The van der Waals surface area contributed by atoms with Crippen molar-refractivity contribution in [3.05, 3.63) is 35.6 Å². The number of benzene rings is 1. The Balaban J connectivity index is 1.94. The minimum absolute atomic E-state index is 0.0325. The van der Waals surface area contributed by atoms with Crippen LogP contribution in [-0.2, 0) is 9.84 Å². The highest BCUT2D eigenvalue weighted by Crippen LogP contribution is 2.18. The van der Waals surface area contributed by atoms with Crippen LogP contribution in [0.15, 0.2) is 24.3 Å². The number of nitrogens with one attached hydrogen (secondary N) is 1. The summed E-state index contributed by atoms with van der Waals surface area (Å²) in [6, 6.07) is 6.31. The maximum absolute atomic E-state index is 12.7. The molecule has 0 aliphatic carbocycles. The van der Waals surface area contributed by atoms with Crippen LogP contribution >= 0.6 is 0 Å².